The third-order valence-electron chi connectivity index (χ3n) is 2.93. The summed E-state index contributed by atoms with van der Waals surface area (Å²) in [6.07, 6.45) is 1.72. The van der Waals surface area contributed by atoms with Crippen LogP contribution in [0.5, 0.6) is 0 Å². The van der Waals surface area contributed by atoms with Crippen LogP contribution >= 0.6 is 0 Å². The van der Waals surface area contributed by atoms with Crippen molar-refractivity contribution in [1.29, 1.82) is 0 Å². The van der Waals surface area contributed by atoms with Gasteiger partial charge in [0, 0.05) is 19.8 Å². The van der Waals surface area contributed by atoms with E-state index in [4.69, 9.17) is 18.3 Å². The van der Waals surface area contributed by atoms with Gasteiger partial charge in [-0.15, -0.1) is 0 Å². The molecule has 0 amide bonds. The van der Waals surface area contributed by atoms with Crippen LogP contribution in [0.1, 0.15) is 20.3 Å². The molecule has 5 nitrogen and oxygen atoms in total. The average Bonchev–Trinajstić information content (AvgIpc) is 3.17. The van der Waals surface area contributed by atoms with Crippen LogP contribution in [0.4, 0.5) is 0 Å². The van der Waals surface area contributed by atoms with E-state index in [1.54, 1.807) is 0 Å². The number of ether oxygens (including phenoxy) is 2. The van der Waals surface area contributed by atoms with Gasteiger partial charge in [-0.3, -0.25) is 0 Å². The molecule has 0 radical (unpaired) electrons. The zero-order valence-electron chi connectivity index (χ0n) is 10.8. The maximum absolute atomic E-state index is 5.65. The van der Waals surface area contributed by atoms with Gasteiger partial charge in [0.1, 0.15) is 12.5 Å². The summed E-state index contributed by atoms with van der Waals surface area (Å²) in [5.74, 6) is 0. The van der Waals surface area contributed by atoms with Crippen molar-refractivity contribution < 1.29 is 18.3 Å². The first-order valence-electron chi connectivity index (χ1n) is 6.57. The van der Waals surface area contributed by atoms with Gasteiger partial charge in [0.05, 0.1) is 13.2 Å². The number of hydrogen-bond acceptors (Lipinski definition) is 5. The molecule has 2 aliphatic rings. The van der Waals surface area contributed by atoms with Crippen molar-refractivity contribution in [2.24, 2.45) is 0 Å². The van der Waals surface area contributed by atoms with Crippen LogP contribution in [0.25, 0.3) is 0 Å². The van der Waals surface area contributed by atoms with Crippen molar-refractivity contribution >= 4 is 9.28 Å². The quantitative estimate of drug-likeness (QED) is 0.427. The zero-order valence-corrected chi connectivity index (χ0v) is 11.9. The SMILES string of the molecule is CCO[SiH](CCCN(C1CO1)C1CO1)OCC. The lowest BCUT2D eigenvalue weighted by Gasteiger charge is -2.19. The molecule has 0 spiro atoms. The highest BCUT2D eigenvalue weighted by Gasteiger charge is 2.41. The lowest BCUT2D eigenvalue weighted by molar-refractivity contribution is 0.112. The van der Waals surface area contributed by atoms with E-state index in [1.165, 1.54) is 0 Å². The van der Waals surface area contributed by atoms with Crippen LogP contribution in [0, 0.1) is 0 Å². The summed E-state index contributed by atoms with van der Waals surface area (Å²) >= 11 is 0. The Kier molecular flexibility index (Phi) is 5.39. The van der Waals surface area contributed by atoms with E-state index >= 15 is 0 Å². The number of epoxide rings is 2. The molecule has 0 aromatic carbocycles. The predicted octanol–water partition coefficient (Wildman–Crippen LogP) is 0.685. The van der Waals surface area contributed by atoms with E-state index in [9.17, 15) is 0 Å². The van der Waals surface area contributed by atoms with Gasteiger partial charge in [0.25, 0.3) is 0 Å². The van der Waals surface area contributed by atoms with Gasteiger partial charge in [-0.05, 0) is 26.3 Å². The maximum Gasteiger partial charge on any atom is 0.321 e. The number of rotatable bonds is 10. The Labute approximate surface area is 105 Å². The molecule has 0 bridgehead atoms. The summed E-state index contributed by atoms with van der Waals surface area (Å²) in [6.45, 7) is 8.33. The number of hydrogen-bond donors (Lipinski definition) is 0. The average molecular weight is 261 g/mol. The van der Waals surface area contributed by atoms with E-state index < -0.39 is 9.28 Å². The summed E-state index contributed by atoms with van der Waals surface area (Å²) in [6, 6.07) is 1.07. The third kappa shape index (κ3) is 4.65. The maximum atomic E-state index is 5.65. The van der Waals surface area contributed by atoms with Gasteiger partial charge in [0.2, 0.25) is 0 Å². The van der Waals surface area contributed by atoms with Crippen LogP contribution < -0.4 is 0 Å². The fourth-order valence-corrected chi connectivity index (χ4v) is 3.66. The smallest absolute Gasteiger partial charge is 0.321 e. The van der Waals surface area contributed by atoms with Gasteiger partial charge < -0.3 is 18.3 Å². The van der Waals surface area contributed by atoms with Gasteiger partial charge in [-0.1, -0.05) is 0 Å². The van der Waals surface area contributed by atoms with Gasteiger partial charge in [-0.2, -0.15) is 0 Å². The van der Waals surface area contributed by atoms with E-state index in [-0.39, 0.29) is 0 Å². The second-order valence-corrected chi connectivity index (χ2v) is 6.40. The van der Waals surface area contributed by atoms with E-state index in [2.05, 4.69) is 4.90 Å². The van der Waals surface area contributed by atoms with E-state index in [0.29, 0.717) is 12.5 Å². The first-order valence-corrected chi connectivity index (χ1v) is 8.33. The molecular weight excluding hydrogens is 238 g/mol. The standard InChI is InChI=1S/C11H23NO4Si/c1-3-15-17(16-4-2)7-5-6-12(10-8-13-10)11-9-14-11/h10-11,17H,3-9H2,1-2H3. The predicted molar refractivity (Wildman–Crippen MR) is 66.0 cm³/mol. The molecule has 2 fully saturated rings. The van der Waals surface area contributed by atoms with Crippen LogP contribution in [0.3, 0.4) is 0 Å². The monoisotopic (exact) mass is 261 g/mol. The van der Waals surface area contributed by atoms with Crippen molar-refractivity contribution in [2.45, 2.75) is 38.8 Å². The summed E-state index contributed by atoms with van der Waals surface area (Å²) in [5.41, 5.74) is 0. The molecule has 2 rings (SSSR count). The zero-order chi connectivity index (χ0) is 12.1. The molecule has 2 saturated heterocycles. The second-order valence-electron chi connectivity index (χ2n) is 4.30. The summed E-state index contributed by atoms with van der Waals surface area (Å²) in [7, 11) is -1.42. The van der Waals surface area contributed by atoms with Crippen LogP contribution in [-0.2, 0) is 18.3 Å². The Morgan fingerprint density at radius 3 is 2.06 bits per heavy atom. The highest BCUT2D eigenvalue weighted by Crippen LogP contribution is 2.26. The van der Waals surface area contributed by atoms with Crippen molar-refractivity contribution in [3.8, 4) is 0 Å². The van der Waals surface area contributed by atoms with Crippen molar-refractivity contribution in [3.05, 3.63) is 0 Å². The normalized spacial score (nSPS) is 26.8. The van der Waals surface area contributed by atoms with Gasteiger partial charge in [0.15, 0.2) is 0 Å². The Hall–Kier alpha value is 0.0169. The Bertz CT molecular complexity index is 206. The molecule has 6 heteroatoms. The minimum Gasteiger partial charge on any atom is -0.397 e. The largest absolute Gasteiger partial charge is 0.397 e. The summed E-state index contributed by atoms with van der Waals surface area (Å²) in [4.78, 5) is 2.31. The minimum atomic E-state index is -1.42. The third-order valence-corrected chi connectivity index (χ3v) is 5.22. The first-order chi connectivity index (χ1) is 8.35. The van der Waals surface area contributed by atoms with Crippen LogP contribution in [0.15, 0.2) is 0 Å². The van der Waals surface area contributed by atoms with Gasteiger partial charge >= 0.3 is 9.28 Å². The molecule has 0 N–H and O–H groups in total. The highest BCUT2D eigenvalue weighted by molar-refractivity contribution is 6.44. The topological polar surface area (TPSA) is 46.8 Å². The van der Waals surface area contributed by atoms with Crippen molar-refractivity contribution in [2.75, 3.05) is 33.0 Å². The molecule has 2 unspecified atom stereocenters. The fourth-order valence-electron chi connectivity index (χ4n) is 1.97. The second kappa shape index (κ2) is 6.82. The van der Waals surface area contributed by atoms with Crippen LogP contribution in [-0.4, -0.2) is 59.6 Å². The molecule has 0 aromatic heterocycles. The lowest BCUT2D eigenvalue weighted by Crippen LogP contribution is -2.32. The Morgan fingerprint density at radius 1 is 1.12 bits per heavy atom. The molecule has 2 heterocycles. The molecule has 2 atom stereocenters. The molecule has 2 aliphatic heterocycles. The first kappa shape index (κ1) is 13.4. The Morgan fingerprint density at radius 2 is 1.65 bits per heavy atom. The van der Waals surface area contributed by atoms with Gasteiger partial charge in [-0.25, -0.2) is 4.90 Å². The van der Waals surface area contributed by atoms with E-state index in [1.807, 2.05) is 13.8 Å². The fraction of sp³-hybridized carbons (Fsp3) is 1.00. The molecule has 0 aliphatic carbocycles. The van der Waals surface area contributed by atoms with Crippen LogP contribution in [0.2, 0.25) is 6.04 Å². The summed E-state index contributed by atoms with van der Waals surface area (Å²) in [5, 5.41) is 0. The molecule has 0 saturated carbocycles. The molecular formula is C11H23NO4Si. The molecule has 0 aromatic rings. The number of nitrogens with zero attached hydrogens (tertiary/aromatic N) is 1. The summed E-state index contributed by atoms with van der Waals surface area (Å²) < 4.78 is 21.9. The minimum absolute atomic E-state index is 0.307. The molecule has 100 valence electrons. The van der Waals surface area contributed by atoms with Crippen molar-refractivity contribution in [3.63, 3.8) is 0 Å². The molecule has 17 heavy (non-hydrogen) atoms. The Balaban J connectivity index is 1.62. The lowest BCUT2D eigenvalue weighted by atomic mass is 10.4. The van der Waals surface area contributed by atoms with E-state index in [0.717, 1.165) is 45.4 Å². The highest BCUT2D eigenvalue weighted by atomic mass is 28.3. The van der Waals surface area contributed by atoms with Crippen molar-refractivity contribution in [1.82, 2.24) is 4.90 Å².